The highest BCUT2D eigenvalue weighted by Crippen LogP contribution is 2.22. The highest BCUT2D eigenvalue weighted by atomic mass is 79.9. The summed E-state index contributed by atoms with van der Waals surface area (Å²) in [6.45, 7) is 4.19. The average molecular weight is 338 g/mol. The maximum atomic E-state index is 12.4. The van der Waals surface area contributed by atoms with Crippen LogP contribution < -0.4 is 0 Å². The Morgan fingerprint density at radius 2 is 1.85 bits per heavy atom. The van der Waals surface area contributed by atoms with Gasteiger partial charge in [-0.3, -0.25) is 4.79 Å². The first-order valence-electron chi connectivity index (χ1n) is 7.40. The first kappa shape index (κ1) is 14.0. The summed E-state index contributed by atoms with van der Waals surface area (Å²) >= 11 is 3.32. The Bertz CT molecular complexity index is 480. The molecule has 0 radical (unpaired) electrons. The molecule has 20 heavy (non-hydrogen) atoms. The van der Waals surface area contributed by atoms with Crippen LogP contribution in [0.1, 0.15) is 36.2 Å². The van der Waals surface area contributed by atoms with Crippen molar-refractivity contribution in [3.05, 3.63) is 28.5 Å². The van der Waals surface area contributed by atoms with E-state index < -0.39 is 0 Å². The molecule has 2 aliphatic rings. The maximum absolute atomic E-state index is 12.4. The minimum atomic E-state index is 0.0613. The van der Waals surface area contributed by atoms with Crippen molar-refractivity contribution in [3.63, 3.8) is 0 Å². The number of amides is 1. The Labute approximate surface area is 128 Å². The lowest BCUT2D eigenvalue weighted by Gasteiger charge is -2.36. The third-order valence-electron chi connectivity index (χ3n) is 4.34. The number of carbonyl (C=O) groups is 1. The van der Waals surface area contributed by atoms with Crippen molar-refractivity contribution in [2.45, 2.75) is 31.7 Å². The third-order valence-corrected chi connectivity index (χ3v) is 4.78. The molecule has 2 aliphatic heterocycles. The SMILES string of the molecule is O=C(c1cccc(Br)n1)N1CCC(N2CCCC2)CC1. The van der Waals surface area contributed by atoms with Gasteiger partial charge in [0.2, 0.25) is 0 Å². The van der Waals surface area contributed by atoms with Gasteiger partial charge in [0, 0.05) is 19.1 Å². The van der Waals surface area contributed by atoms with Crippen molar-refractivity contribution in [2.75, 3.05) is 26.2 Å². The fourth-order valence-corrected chi connectivity index (χ4v) is 3.57. The number of piperidine rings is 1. The lowest BCUT2D eigenvalue weighted by atomic mass is 10.0. The van der Waals surface area contributed by atoms with E-state index in [4.69, 9.17) is 0 Å². The summed E-state index contributed by atoms with van der Waals surface area (Å²) in [6.07, 6.45) is 4.86. The Kier molecular flexibility index (Phi) is 4.36. The summed E-state index contributed by atoms with van der Waals surface area (Å²) in [5.74, 6) is 0.0613. The molecule has 2 saturated heterocycles. The van der Waals surface area contributed by atoms with Gasteiger partial charge in [0.15, 0.2) is 0 Å². The van der Waals surface area contributed by atoms with E-state index in [-0.39, 0.29) is 5.91 Å². The van der Waals surface area contributed by atoms with Crippen molar-refractivity contribution >= 4 is 21.8 Å². The Morgan fingerprint density at radius 1 is 1.15 bits per heavy atom. The zero-order valence-corrected chi connectivity index (χ0v) is 13.2. The molecule has 3 rings (SSSR count). The summed E-state index contributed by atoms with van der Waals surface area (Å²) < 4.78 is 0.718. The van der Waals surface area contributed by atoms with Gasteiger partial charge in [-0.25, -0.2) is 4.98 Å². The molecule has 0 unspecified atom stereocenters. The molecule has 2 fully saturated rings. The van der Waals surface area contributed by atoms with Gasteiger partial charge < -0.3 is 9.80 Å². The Hall–Kier alpha value is -0.940. The van der Waals surface area contributed by atoms with Gasteiger partial charge in [0.25, 0.3) is 5.91 Å². The summed E-state index contributed by atoms with van der Waals surface area (Å²) in [7, 11) is 0. The standard InChI is InChI=1S/C15H20BrN3O/c16-14-5-3-4-13(17-14)15(20)19-10-6-12(7-11-19)18-8-1-2-9-18/h3-5,12H,1-2,6-11H2. The monoisotopic (exact) mass is 337 g/mol. The molecule has 1 amide bonds. The van der Waals surface area contributed by atoms with Crippen molar-refractivity contribution in [1.82, 2.24) is 14.8 Å². The second-order valence-corrected chi connectivity index (χ2v) is 6.42. The van der Waals surface area contributed by atoms with Crippen LogP contribution in [0, 0.1) is 0 Å². The van der Waals surface area contributed by atoms with Crippen molar-refractivity contribution in [3.8, 4) is 0 Å². The quantitative estimate of drug-likeness (QED) is 0.778. The molecule has 5 heteroatoms. The molecule has 0 N–H and O–H groups in total. The molecule has 0 aliphatic carbocycles. The van der Waals surface area contributed by atoms with Crippen LogP contribution >= 0.6 is 15.9 Å². The molecule has 108 valence electrons. The van der Waals surface area contributed by atoms with Gasteiger partial charge in [-0.15, -0.1) is 0 Å². The summed E-state index contributed by atoms with van der Waals surface area (Å²) in [5.41, 5.74) is 0.541. The van der Waals surface area contributed by atoms with E-state index in [1.54, 1.807) is 6.07 Å². The Morgan fingerprint density at radius 3 is 2.50 bits per heavy atom. The van der Waals surface area contributed by atoms with E-state index in [1.165, 1.54) is 25.9 Å². The molecule has 1 aromatic heterocycles. The number of aromatic nitrogens is 1. The van der Waals surface area contributed by atoms with E-state index in [0.717, 1.165) is 30.5 Å². The molecule has 0 spiro atoms. The van der Waals surface area contributed by atoms with Crippen LogP contribution in [0.2, 0.25) is 0 Å². The third kappa shape index (κ3) is 3.04. The number of halogens is 1. The number of likely N-dealkylation sites (tertiary alicyclic amines) is 2. The smallest absolute Gasteiger partial charge is 0.272 e. The van der Waals surface area contributed by atoms with Gasteiger partial charge in [0.1, 0.15) is 10.3 Å². The molecule has 0 saturated carbocycles. The fraction of sp³-hybridized carbons (Fsp3) is 0.600. The second-order valence-electron chi connectivity index (χ2n) is 5.61. The number of hydrogen-bond donors (Lipinski definition) is 0. The molecule has 0 atom stereocenters. The van der Waals surface area contributed by atoms with E-state index >= 15 is 0 Å². The molecule has 1 aromatic rings. The maximum Gasteiger partial charge on any atom is 0.272 e. The van der Waals surface area contributed by atoms with Gasteiger partial charge in [-0.2, -0.15) is 0 Å². The Balaban J connectivity index is 1.58. The van der Waals surface area contributed by atoms with E-state index in [1.807, 2.05) is 17.0 Å². The molecule has 4 nitrogen and oxygen atoms in total. The van der Waals surface area contributed by atoms with Crippen LogP contribution in [-0.4, -0.2) is 52.9 Å². The predicted octanol–water partition coefficient (Wildman–Crippen LogP) is 2.54. The van der Waals surface area contributed by atoms with Crippen molar-refractivity contribution in [2.24, 2.45) is 0 Å². The van der Waals surface area contributed by atoms with Crippen LogP contribution in [-0.2, 0) is 0 Å². The van der Waals surface area contributed by atoms with E-state index in [0.29, 0.717) is 11.7 Å². The van der Waals surface area contributed by atoms with Gasteiger partial charge in [-0.05, 0) is 66.8 Å². The van der Waals surface area contributed by atoms with Crippen LogP contribution in [0.5, 0.6) is 0 Å². The molecule has 3 heterocycles. The molecule has 0 bridgehead atoms. The first-order valence-corrected chi connectivity index (χ1v) is 8.19. The van der Waals surface area contributed by atoms with Crippen LogP contribution in [0.3, 0.4) is 0 Å². The normalized spacial score (nSPS) is 21.4. The minimum Gasteiger partial charge on any atom is -0.337 e. The zero-order chi connectivity index (χ0) is 13.9. The zero-order valence-electron chi connectivity index (χ0n) is 11.6. The number of nitrogens with zero attached hydrogens (tertiary/aromatic N) is 3. The largest absolute Gasteiger partial charge is 0.337 e. The number of pyridine rings is 1. The van der Waals surface area contributed by atoms with Crippen molar-refractivity contribution in [1.29, 1.82) is 0 Å². The lowest BCUT2D eigenvalue weighted by molar-refractivity contribution is 0.0638. The predicted molar refractivity (Wildman–Crippen MR) is 81.7 cm³/mol. The lowest BCUT2D eigenvalue weighted by Crippen LogP contribution is -2.46. The van der Waals surface area contributed by atoms with Crippen molar-refractivity contribution < 1.29 is 4.79 Å². The number of hydrogen-bond acceptors (Lipinski definition) is 3. The summed E-state index contributed by atoms with van der Waals surface area (Å²) in [6, 6.07) is 6.18. The van der Waals surface area contributed by atoms with Crippen LogP contribution in [0.4, 0.5) is 0 Å². The highest BCUT2D eigenvalue weighted by Gasteiger charge is 2.28. The molecular weight excluding hydrogens is 318 g/mol. The van der Waals surface area contributed by atoms with E-state index in [2.05, 4.69) is 25.8 Å². The fourth-order valence-electron chi connectivity index (χ4n) is 3.23. The highest BCUT2D eigenvalue weighted by molar-refractivity contribution is 9.10. The minimum absolute atomic E-state index is 0.0613. The second kappa shape index (κ2) is 6.22. The molecule has 0 aromatic carbocycles. The van der Waals surface area contributed by atoms with Crippen LogP contribution in [0.25, 0.3) is 0 Å². The van der Waals surface area contributed by atoms with E-state index in [9.17, 15) is 4.79 Å². The van der Waals surface area contributed by atoms with Gasteiger partial charge in [-0.1, -0.05) is 6.07 Å². The number of carbonyl (C=O) groups excluding carboxylic acids is 1. The van der Waals surface area contributed by atoms with Crippen LogP contribution in [0.15, 0.2) is 22.8 Å². The molecular formula is C15H20BrN3O. The number of rotatable bonds is 2. The van der Waals surface area contributed by atoms with Gasteiger partial charge in [0.05, 0.1) is 0 Å². The topological polar surface area (TPSA) is 36.4 Å². The first-order chi connectivity index (χ1) is 9.74. The summed E-state index contributed by atoms with van der Waals surface area (Å²) in [5, 5.41) is 0. The summed E-state index contributed by atoms with van der Waals surface area (Å²) in [4.78, 5) is 21.2. The van der Waals surface area contributed by atoms with Gasteiger partial charge >= 0.3 is 0 Å². The average Bonchev–Trinajstić information content (AvgIpc) is 3.01.